The zero-order valence-corrected chi connectivity index (χ0v) is 31.0. The van der Waals surface area contributed by atoms with Gasteiger partial charge in [-0.05, 0) is 82.4 Å². The van der Waals surface area contributed by atoms with Gasteiger partial charge in [0.15, 0.2) is 0 Å². The van der Waals surface area contributed by atoms with E-state index >= 15 is 0 Å². The van der Waals surface area contributed by atoms with E-state index in [0.29, 0.717) is 0 Å². The maximum Gasteiger partial charge on any atom is 0.143 e. The Morgan fingerprint density at radius 2 is 1.07 bits per heavy atom. The zero-order valence-electron chi connectivity index (χ0n) is 31.0. The maximum absolute atomic E-state index is 6.68. The van der Waals surface area contributed by atoms with Gasteiger partial charge in [0.25, 0.3) is 0 Å². The van der Waals surface area contributed by atoms with Crippen molar-refractivity contribution in [2.75, 3.05) is 4.90 Å². The molecule has 0 unspecified atom stereocenters. The van der Waals surface area contributed by atoms with Crippen LogP contribution in [-0.2, 0) is 0 Å². The van der Waals surface area contributed by atoms with Crippen molar-refractivity contribution in [1.29, 1.82) is 0 Å². The fourth-order valence-corrected chi connectivity index (χ4v) is 8.50. The molecule has 0 aliphatic heterocycles. The lowest BCUT2D eigenvalue weighted by Crippen LogP contribution is -2.13. The molecule has 0 N–H and O–H groups in total. The minimum atomic E-state index is 0.881. The number of nitrogens with zero attached hydrogens (tertiary/aromatic N) is 3. The number of aromatic nitrogens is 2. The van der Waals surface area contributed by atoms with Gasteiger partial charge >= 0.3 is 0 Å². The molecular weight excluding hydrogens is 695 g/mol. The van der Waals surface area contributed by atoms with Crippen LogP contribution in [0.2, 0.25) is 0 Å². The molecule has 11 rings (SSSR count). The van der Waals surface area contributed by atoms with Crippen LogP contribution in [-0.4, -0.2) is 9.55 Å². The van der Waals surface area contributed by atoms with Crippen LogP contribution in [0, 0.1) is 0 Å². The number of benzene rings is 8. The van der Waals surface area contributed by atoms with E-state index in [-0.39, 0.29) is 0 Å². The van der Waals surface area contributed by atoms with Gasteiger partial charge in [0.05, 0.1) is 22.4 Å². The summed E-state index contributed by atoms with van der Waals surface area (Å²) in [6.45, 7) is 0. The van der Waals surface area contributed by atoms with Crippen LogP contribution < -0.4 is 4.90 Å². The first-order chi connectivity index (χ1) is 28.3. The Hall–Kier alpha value is -7.69. The van der Waals surface area contributed by atoms with E-state index < -0.39 is 0 Å². The molecule has 0 atom stereocenters. The molecule has 3 heterocycles. The largest absolute Gasteiger partial charge is 0.455 e. The first-order valence-corrected chi connectivity index (χ1v) is 19.3. The summed E-state index contributed by atoms with van der Waals surface area (Å²) in [5.41, 5.74) is 15.0. The summed E-state index contributed by atoms with van der Waals surface area (Å²) in [5.74, 6) is 0. The Labute approximate surface area is 330 Å². The number of fused-ring (bicyclic) bond motifs is 6. The third-order valence-corrected chi connectivity index (χ3v) is 11.1. The summed E-state index contributed by atoms with van der Waals surface area (Å²) >= 11 is 0. The van der Waals surface area contributed by atoms with Crippen molar-refractivity contribution < 1.29 is 4.42 Å². The van der Waals surface area contributed by atoms with Crippen molar-refractivity contribution in [3.8, 4) is 39.1 Å². The highest BCUT2D eigenvalue weighted by Crippen LogP contribution is 2.46. The predicted octanol–water partition coefficient (Wildman–Crippen LogP) is 14.5. The van der Waals surface area contributed by atoms with E-state index in [1.165, 1.54) is 16.5 Å². The van der Waals surface area contributed by atoms with Crippen LogP contribution in [0.25, 0.3) is 82.8 Å². The number of para-hydroxylation sites is 5. The number of rotatable bonds is 7. The Morgan fingerprint density at radius 1 is 0.421 bits per heavy atom. The SMILES string of the molecule is c1ccc(-c2ccc(N(c3ccc(-c4ccccc4)c(-c4cccc5c4oc4ccccc45)c3)c3ccccc3-n3c4ccccc4c4cnccc43)cc2)cc1. The molecule has 268 valence electrons. The molecule has 57 heavy (non-hydrogen) atoms. The van der Waals surface area contributed by atoms with Crippen LogP contribution >= 0.6 is 0 Å². The van der Waals surface area contributed by atoms with Crippen molar-refractivity contribution in [3.63, 3.8) is 0 Å². The molecule has 4 nitrogen and oxygen atoms in total. The summed E-state index contributed by atoms with van der Waals surface area (Å²) in [6.07, 6.45) is 3.86. The van der Waals surface area contributed by atoms with Crippen molar-refractivity contribution in [1.82, 2.24) is 9.55 Å². The summed E-state index contributed by atoms with van der Waals surface area (Å²) in [6, 6.07) is 71.2. The molecule has 0 saturated carbocycles. The Balaban J connectivity index is 1.18. The number of pyridine rings is 1. The third-order valence-electron chi connectivity index (χ3n) is 11.1. The molecule has 0 saturated heterocycles. The van der Waals surface area contributed by atoms with Gasteiger partial charge in [-0.3, -0.25) is 4.98 Å². The van der Waals surface area contributed by atoms with Gasteiger partial charge in [0.1, 0.15) is 11.2 Å². The van der Waals surface area contributed by atoms with Crippen LogP contribution in [0.5, 0.6) is 0 Å². The topological polar surface area (TPSA) is 34.2 Å². The van der Waals surface area contributed by atoms with Crippen LogP contribution in [0.15, 0.2) is 217 Å². The molecule has 0 spiro atoms. The van der Waals surface area contributed by atoms with Crippen molar-refractivity contribution in [2.24, 2.45) is 0 Å². The lowest BCUT2D eigenvalue weighted by Gasteiger charge is -2.29. The van der Waals surface area contributed by atoms with Gasteiger partial charge in [0.2, 0.25) is 0 Å². The first kappa shape index (κ1) is 32.7. The minimum Gasteiger partial charge on any atom is -0.455 e. The molecule has 3 aromatic heterocycles. The fourth-order valence-electron chi connectivity index (χ4n) is 8.50. The van der Waals surface area contributed by atoms with Crippen molar-refractivity contribution in [3.05, 3.63) is 213 Å². The second kappa shape index (κ2) is 13.6. The predicted molar refractivity (Wildman–Crippen MR) is 237 cm³/mol. The van der Waals surface area contributed by atoms with Crippen LogP contribution in [0.1, 0.15) is 0 Å². The standard InChI is InChI=1S/C53H35N3O/c1-3-14-36(15-4-1)37-26-28-39(29-27-37)55(50-23-10-11-24-51(50)56-48-22-9-7-18-42(48)47-35-54-33-32-49(47)56)40-30-31-41(38-16-5-2-6-17-38)46(34-40)45-21-13-20-44-43-19-8-12-25-52(43)57-53(44)45/h1-35H. The van der Waals surface area contributed by atoms with Gasteiger partial charge in [-0.25, -0.2) is 0 Å². The zero-order chi connectivity index (χ0) is 37.7. The number of anilines is 3. The van der Waals surface area contributed by atoms with Crippen LogP contribution in [0.4, 0.5) is 17.1 Å². The molecule has 0 aliphatic rings. The third kappa shape index (κ3) is 5.50. The second-order valence-corrected chi connectivity index (χ2v) is 14.4. The highest BCUT2D eigenvalue weighted by atomic mass is 16.3. The molecular formula is C53H35N3O. The number of hydrogen-bond acceptors (Lipinski definition) is 3. The van der Waals surface area contributed by atoms with Gasteiger partial charge in [-0.15, -0.1) is 0 Å². The lowest BCUT2D eigenvalue weighted by atomic mass is 9.92. The van der Waals surface area contributed by atoms with Crippen LogP contribution in [0.3, 0.4) is 0 Å². The van der Waals surface area contributed by atoms with E-state index in [0.717, 1.165) is 83.4 Å². The van der Waals surface area contributed by atoms with E-state index in [1.54, 1.807) is 0 Å². The highest BCUT2D eigenvalue weighted by Gasteiger charge is 2.23. The molecule has 0 fully saturated rings. The molecule has 0 bridgehead atoms. The van der Waals surface area contributed by atoms with Crippen molar-refractivity contribution in [2.45, 2.75) is 0 Å². The van der Waals surface area contributed by atoms with Gasteiger partial charge in [-0.1, -0.05) is 146 Å². The monoisotopic (exact) mass is 729 g/mol. The van der Waals surface area contributed by atoms with Gasteiger partial charge in [0, 0.05) is 50.9 Å². The molecule has 0 aliphatic carbocycles. The number of furan rings is 1. The Bertz CT molecular complexity index is 3180. The van der Waals surface area contributed by atoms with E-state index in [9.17, 15) is 0 Å². The average molecular weight is 730 g/mol. The van der Waals surface area contributed by atoms with Gasteiger partial charge < -0.3 is 13.9 Å². The molecule has 0 radical (unpaired) electrons. The smallest absolute Gasteiger partial charge is 0.143 e. The molecule has 0 amide bonds. The summed E-state index contributed by atoms with van der Waals surface area (Å²) < 4.78 is 9.06. The summed E-state index contributed by atoms with van der Waals surface area (Å²) in [5, 5.41) is 4.51. The van der Waals surface area contributed by atoms with E-state index in [1.807, 2.05) is 18.5 Å². The van der Waals surface area contributed by atoms with E-state index in [2.05, 4.69) is 209 Å². The molecule has 4 heteroatoms. The molecule has 11 aromatic rings. The van der Waals surface area contributed by atoms with E-state index in [4.69, 9.17) is 4.42 Å². The normalized spacial score (nSPS) is 11.5. The quantitative estimate of drug-likeness (QED) is 0.164. The summed E-state index contributed by atoms with van der Waals surface area (Å²) in [4.78, 5) is 6.92. The highest BCUT2D eigenvalue weighted by molar-refractivity contribution is 6.11. The second-order valence-electron chi connectivity index (χ2n) is 14.4. The Morgan fingerprint density at radius 3 is 1.91 bits per heavy atom. The summed E-state index contributed by atoms with van der Waals surface area (Å²) in [7, 11) is 0. The Kier molecular flexibility index (Phi) is 7.78. The average Bonchev–Trinajstić information content (AvgIpc) is 3.84. The number of hydrogen-bond donors (Lipinski definition) is 0. The van der Waals surface area contributed by atoms with Gasteiger partial charge in [-0.2, -0.15) is 0 Å². The minimum absolute atomic E-state index is 0.881. The molecule has 8 aromatic carbocycles. The maximum atomic E-state index is 6.68. The fraction of sp³-hybridized carbons (Fsp3) is 0. The van der Waals surface area contributed by atoms with Crippen molar-refractivity contribution >= 4 is 60.8 Å². The lowest BCUT2D eigenvalue weighted by molar-refractivity contribution is 0.670. The first-order valence-electron chi connectivity index (χ1n) is 19.3.